The molecule has 228 valence electrons. The number of rotatable bonds is 5. The first-order valence-corrected chi connectivity index (χ1v) is 14.0. The number of aliphatic hydroxyl groups is 1. The molecule has 4 aromatic heterocycles. The van der Waals surface area contributed by atoms with Crippen LogP contribution in [0.15, 0.2) is 46.2 Å². The van der Waals surface area contributed by atoms with Crippen molar-refractivity contribution in [1.29, 1.82) is 0 Å². The Morgan fingerprint density at radius 2 is 1.86 bits per heavy atom. The van der Waals surface area contributed by atoms with Crippen LogP contribution in [-0.4, -0.2) is 56.2 Å². The molecule has 13 nitrogen and oxygen atoms in total. The summed E-state index contributed by atoms with van der Waals surface area (Å²) >= 11 is 0. The molecule has 1 aromatic carbocycles. The third-order valence-corrected chi connectivity index (χ3v) is 7.91. The van der Waals surface area contributed by atoms with Crippen molar-refractivity contribution in [3.8, 4) is 17.1 Å². The largest absolute Gasteiger partial charge is 0.392 e. The molecule has 0 saturated carbocycles. The number of aromatic nitrogens is 7. The fourth-order valence-corrected chi connectivity index (χ4v) is 5.39. The van der Waals surface area contributed by atoms with E-state index >= 15 is 4.39 Å². The van der Waals surface area contributed by atoms with Crippen molar-refractivity contribution >= 4 is 22.3 Å². The van der Waals surface area contributed by atoms with Gasteiger partial charge in [0.2, 0.25) is 0 Å². The number of pyridine rings is 1. The monoisotopic (exact) mass is 601 g/mol. The molecule has 6 rings (SSSR count). The average Bonchev–Trinajstić information content (AvgIpc) is 3.28. The Bertz CT molecular complexity index is 2060. The number of halogens is 1. The molecule has 0 amide bonds. The lowest BCUT2D eigenvalue weighted by Gasteiger charge is -2.21. The summed E-state index contributed by atoms with van der Waals surface area (Å²) in [5.41, 5.74) is 1.95. The van der Waals surface area contributed by atoms with E-state index in [2.05, 4.69) is 25.6 Å². The van der Waals surface area contributed by atoms with E-state index in [1.54, 1.807) is 16.8 Å². The maximum Gasteiger partial charge on any atom is 0.290 e. The fourth-order valence-electron chi connectivity index (χ4n) is 5.39. The van der Waals surface area contributed by atoms with Gasteiger partial charge < -0.3 is 15.6 Å². The molecule has 0 aliphatic carbocycles. The maximum absolute atomic E-state index is 15.3. The molecule has 1 aliphatic rings. The molecule has 3 N–H and O–H groups in total. The van der Waals surface area contributed by atoms with Crippen molar-refractivity contribution < 1.29 is 14.7 Å². The van der Waals surface area contributed by atoms with Crippen LogP contribution in [0, 0.1) is 12.7 Å². The molecule has 0 atom stereocenters. The summed E-state index contributed by atoms with van der Waals surface area (Å²) in [5, 5.41) is 38.2. The second-order valence-corrected chi connectivity index (χ2v) is 11.9. The number of fused-ring (bicyclic) bond motifs is 2. The minimum Gasteiger partial charge on any atom is -0.392 e. The third kappa shape index (κ3) is 4.96. The van der Waals surface area contributed by atoms with Gasteiger partial charge >= 0.3 is 0 Å². The van der Waals surface area contributed by atoms with E-state index in [-0.39, 0.29) is 27.9 Å². The van der Waals surface area contributed by atoms with E-state index in [0.29, 0.717) is 42.1 Å². The Hall–Kier alpha value is -4.79. The first-order valence-electron chi connectivity index (χ1n) is 14.0. The van der Waals surface area contributed by atoms with Crippen molar-refractivity contribution in [2.24, 2.45) is 7.05 Å². The number of anilines is 2. The Morgan fingerprint density at radius 1 is 1.09 bits per heavy atom. The number of nitrogens with zero attached hydrogens (tertiary/aromatic N) is 8. The summed E-state index contributed by atoms with van der Waals surface area (Å²) in [6.07, 6.45) is 2.83. The summed E-state index contributed by atoms with van der Waals surface area (Å²) in [5.74, 6) is -0.202. The highest BCUT2D eigenvalue weighted by atomic mass is 19.1. The van der Waals surface area contributed by atoms with Gasteiger partial charge in [0, 0.05) is 41.9 Å². The quantitative estimate of drug-likeness (QED) is 0.274. The van der Waals surface area contributed by atoms with E-state index in [9.17, 15) is 19.9 Å². The minimum atomic E-state index is -0.726. The number of aliphatic hydroxyl groups excluding tert-OH is 1. The summed E-state index contributed by atoms with van der Waals surface area (Å²) in [4.78, 5) is 31.0. The van der Waals surface area contributed by atoms with Crippen LogP contribution in [-0.2, 0) is 32.2 Å². The average molecular weight is 602 g/mol. The molecule has 0 bridgehead atoms. The zero-order valence-electron chi connectivity index (χ0n) is 25.0. The van der Waals surface area contributed by atoms with Crippen LogP contribution in [0.5, 0.6) is 0 Å². The molecule has 0 radical (unpaired) electrons. The lowest BCUT2D eigenvalue weighted by Crippen LogP contribution is -2.31. The van der Waals surface area contributed by atoms with Crippen LogP contribution in [0.2, 0.25) is 0 Å². The normalized spacial score (nSPS) is 13.8. The summed E-state index contributed by atoms with van der Waals surface area (Å²) in [6, 6.07) is 6.23. The van der Waals surface area contributed by atoms with Crippen LogP contribution < -0.4 is 16.4 Å². The van der Waals surface area contributed by atoms with Crippen molar-refractivity contribution in [2.75, 3.05) is 11.9 Å². The first-order chi connectivity index (χ1) is 20.9. The molecule has 0 spiro atoms. The predicted molar refractivity (Wildman–Crippen MR) is 161 cm³/mol. The van der Waals surface area contributed by atoms with Gasteiger partial charge in [-0.25, -0.2) is 14.1 Å². The summed E-state index contributed by atoms with van der Waals surface area (Å²) < 4.78 is 19.2. The fraction of sp³-hybridized carbons (Fsp3) is 0.333. The molecule has 44 heavy (non-hydrogen) atoms. The molecule has 0 fully saturated rings. The second-order valence-electron chi connectivity index (χ2n) is 11.9. The van der Waals surface area contributed by atoms with Gasteiger partial charge in [-0.3, -0.25) is 14.3 Å². The Labute approximate surface area is 250 Å². The van der Waals surface area contributed by atoms with Crippen LogP contribution in [0.25, 0.3) is 27.8 Å². The SMILES string of the molecule is Cc1c(Nc2cc(-c3ccnc(-n4ncc5cc(C(C)(C)C)cc(F)c5c4=O)c3CO)nn(C)c2=O)nn2c1CN(O)CC2. The maximum atomic E-state index is 15.3. The topological polar surface area (TPSA) is 156 Å². The number of nitrogens with one attached hydrogen (secondary N) is 1. The highest BCUT2D eigenvalue weighted by Gasteiger charge is 2.24. The summed E-state index contributed by atoms with van der Waals surface area (Å²) in [7, 11) is 1.50. The molecular weight excluding hydrogens is 569 g/mol. The van der Waals surface area contributed by atoms with Gasteiger partial charge in [-0.1, -0.05) is 20.8 Å². The lowest BCUT2D eigenvalue weighted by atomic mass is 9.86. The van der Waals surface area contributed by atoms with Crippen molar-refractivity contribution in [3.63, 3.8) is 0 Å². The second kappa shape index (κ2) is 10.7. The Kier molecular flexibility index (Phi) is 7.14. The zero-order chi connectivity index (χ0) is 31.5. The van der Waals surface area contributed by atoms with E-state index < -0.39 is 23.5 Å². The van der Waals surface area contributed by atoms with E-state index in [1.165, 1.54) is 36.6 Å². The number of benzene rings is 1. The molecule has 0 unspecified atom stereocenters. The lowest BCUT2D eigenvalue weighted by molar-refractivity contribution is -0.112. The van der Waals surface area contributed by atoms with Gasteiger partial charge in [0.15, 0.2) is 11.6 Å². The highest BCUT2D eigenvalue weighted by Crippen LogP contribution is 2.30. The summed E-state index contributed by atoms with van der Waals surface area (Å²) in [6.45, 7) is 8.40. The van der Waals surface area contributed by atoms with Crippen molar-refractivity contribution in [1.82, 2.24) is 39.4 Å². The van der Waals surface area contributed by atoms with Crippen LogP contribution in [0.3, 0.4) is 0 Å². The van der Waals surface area contributed by atoms with E-state index in [0.717, 1.165) is 26.2 Å². The number of aryl methyl sites for hydroxylation is 1. The van der Waals surface area contributed by atoms with Crippen LogP contribution in [0.1, 0.15) is 43.2 Å². The van der Waals surface area contributed by atoms with Gasteiger partial charge in [-0.05, 0) is 42.2 Å². The van der Waals surface area contributed by atoms with Crippen molar-refractivity contribution in [3.05, 3.63) is 85.6 Å². The molecule has 14 heteroatoms. The molecular formula is C30H32FN9O4. The van der Waals surface area contributed by atoms with Crippen LogP contribution >= 0.6 is 0 Å². The van der Waals surface area contributed by atoms with Gasteiger partial charge in [-0.2, -0.15) is 25.0 Å². The van der Waals surface area contributed by atoms with Gasteiger partial charge in [0.05, 0.1) is 42.7 Å². The van der Waals surface area contributed by atoms with Gasteiger partial charge in [0.25, 0.3) is 11.1 Å². The third-order valence-electron chi connectivity index (χ3n) is 7.91. The Morgan fingerprint density at radius 3 is 2.59 bits per heavy atom. The zero-order valence-corrected chi connectivity index (χ0v) is 25.0. The van der Waals surface area contributed by atoms with Crippen LogP contribution in [0.4, 0.5) is 15.9 Å². The standard InChI is InChI=1S/C30H32FN9O4/c1-16-24-14-38(44)8-9-39(24)36-26(16)34-23-12-22(35-37(5)28(23)42)19-6-7-32-27(20(19)15-41)40-29(43)25-17(13-33-40)10-18(11-21(25)31)30(2,3)4/h6-7,10-13,41,44H,8-9,14-15H2,1-5H3,(H,34,36). The first kappa shape index (κ1) is 29.3. The molecule has 5 heterocycles. The number of hydroxylamine groups is 2. The number of hydrogen-bond acceptors (Lipinski definition) is 10. The number of hydrogen-bond donors (Lipinski definition) is 3. The van der Waals surface area contributed by atoms with Gasteiger partial charge in [0.1, 0.15) is 11.5 Å². The molecule has 0 saturated heterocycles. The minimum absolute atomic E-state index is 0.00698. The van der Waals surface area contributed by atoms with Crippen molar-refractivity contribution in [2.45, 2.75) is 52.8 Å². The van der Waals surface area contributed by atoms with Gasteiger partial charge in [-0.15, -0.1) is 0 Å². The molecule has 5 aromatic rings. The Balaban J connectivity index is 1.45. The van der Waals surface area contributed by atoms with E-state index in [1.807, 2.05) is 27.7 Å². The predicted octanol–water partition coefficient (Wildman–Crippen LogP) is 2.92. The van der Waals surface area contributed by atoms with E-state index in [4.69, 9.17) is 0 Å². The highest BCUT2D eigenvalue weighted by molar-refractivity contribution is 5.83. The molecule has 1 aliphatic heterocycles. The smallest absolute Gasteiger partial charge is 0.290 e.